The molecule has 1 N–H and O–H groups in total. The van der Waals surface area contributed by atoms with E-state index >= 15 is 0 Å². The van der Waals surface area contributed by atoms with Crippen LogP contribution in [0, 0.1) is 0 Å². The molecule has 0 radical (unpaired) electrons. The van der Waals surface area contributed by atoms with Crippen molar-refractivity contribution in [2.45, 2.75) is 17.1 Å². The van der Waals surface area contributed by atoms with Crippen LogP contribution >= 0.6 is 11.3 Å². The minimum atomic E-state index is -3.48. The molecule has 1 aliphatic rings. The van der Waals surface area contributed by atoms with Gasteiger partial charge in [-0.15, -0.1) is 11.3 Å². The van der Waals surface area contributed by atoms with Crippen molar-refractivity contribution in [3.63, 3.8) is 0 Å². The number of anilines is 1. The molecule has 6 heteroatoms. The van der Waals surface area contributed by atoms with E-state index in [1.807, 2.05) is 24.3 Å². The van der Waals surface area contributed by atoms with Crippen LogP contribution in [0.2, 0.25) is 0 Å². The fourth-order valence-electron chi connectivity index (χ4n) is 2.41. The average Bonchev–Trinajstić information content (AvgIpc) is 3.05. The van der Waals surface area contributed by atoms with Crippen molar-refractivity contribution in [3.05, 3.63) is 46.8 Å². The number of hydrogen-bond donors (Lipinski definition) is 1. The predicted octanol–water partition coefficient (Wildman–Crippen LogP) is 2.03. The first-order chi connectivity index (χ1) is 9.63. The molecule has 4 nitrogen and oxygen atoms in total. The van der Waals surface area contributed by atoms with Crippen molar-refractivity contribution in [1.82, 2.24) is 0 Å². The van der Waals surface area contributed by atoms with Crippen LogP contribution in [0.15, 0.2) is 40.6 Å². The van der Waals surface area contributed by atoms with Gasteiger partial charge in [0.25, 0.3) is 10.0 Å². The van der Waals surface area contributed by atoms with Crippen LogP contribution in [0.4, 0.5) is 5.69 Å². The minimum Gasteiger partial charge on any atom is -0.396 e. The zero-order valence-electron chi connectivity index (χ0n) is 10.8. The normalized spacial score (nSPS) is 14.6. The Morgan fingerprint density at radius 2 is 2.00 bits per heavy atom. The van der Waals surface area contributed by atoms with Crippen LogP contribution in [0.5, 0.6) is 0 Å². The number of aliphatic hydroxyl groups excluding tert-OH is 1. The number of rotatable bonds is 4. The molecule has 0 unspecified atom stereocenters. The largest absolute Gasteiger partial charge is 0.396 e. The van der Waals surface area contributed by atoms with Gasteiger partial charge in [0, 0.05) is 24.4 Å². The average molecular weight is 309 g/mol. The number of benzene rings is 1. The monoisotopic (exact) mass is 309 g/mol. The topological polar surface area (TPSA) is 57.6 Å². The van der Waals surface area contributed by atoms with Crippen LogP contribution < -0.4 is 4.31 Å². The lowest BCUT2D eigenvalue weighted by molar-refractivity contribution is 0.300. The Balaban J connectivity index is 1.96. The van der Waals surface area contributed by atoms with E-state index in [-0.39, 0.29) is 6.61 Å². The molecule has 2 aromatic rings. The highest BCUT2D eigenvalue weighted by Crippen LogP contribution is 2.34. The summed E-state index contributed by atoms with van der Waals surface area (Å²) in [6, 6.07) is 11.0. The highest BCUT2D eigenvalue weighted by molar-refractivity contribution is 7.94. The summed E-state index contributed by atoms with van der Waals surface area (Å²) in [7, 11) is -3.48. The van der Waals surface area contributed by atoms with E-state index in [0.29, 0.717) is 17.2 Å². The maximum absolute atomic E-state index is 12.7. The molecular weight excluding hydrogens is 294 g/mol. The highest BCUT2D eigenvalue weighted by atomic mass is 32.2. The second-order valence-electron chi connectivity index (χ2n) is 4.65. The second-order valence-corrected chi connectivity index (χ2v) is 7.91. The van der Waals surface area contributed by atoms with Gasteiger partial charge in [0.1, 0.15) is 4.21 Å². The highest BCUT2D eigenvalue weighted by Gasteiger charge is 2.31. The zero-order valence-corrected chi connectivity index (χ0v) is 12.5. The second kappa shape index (κ2) is 5.20. The van der Waals surface area contributed by atoms with Gasteiger partial charge in [-0.2, -0.15) is 0 Å². The smallest absolute Gasteiger partial charge is 0.273 e. The van der Waals surface area contributed by atoms with E-state index in [2.05, 4.69) is 0 Å². The Morgan fingerprint density at radius 3 is 2.80 bits per heavy atom. The van der Waals surface area contributed by atoms with Crippen LogP contribution in [-0.2, 0) is 22.9 Å². The van der Waals surface area contributed by atoms with E-state index in [0.717, 1.165) is 22.5 Å². The van der Waals surface area contributed by atoms with Crippen LogP contribution in [0.25, 0.3) is 0 Å². The number of para-hydroxylation sites is 1. The van der Waals surface area contributed by atoms with Crippen LogP contribution in [0.1, 0.15) is 10.4 Å². The summed E-state index contributed by atoms with van der Waals surface area (Å²) >= 11 is 1.24. The van der Waals surface area contributed by atoms with Gasteiger partial charge in [0.15, 0.2) is 0 Å². The summed E-state index contributed by atoms with van der Waals surface area (Å²) in [6.07, 6.45) is 1.25. The lowest BCUT2D eigenvalue weighted by atomic mass is 10.2. The Hall–Kier alpha value is -1.37. The third-order valence-corrected chi connectivity index (χ3v) is 6.81. The van der Waals surface area contributed by atoms with Crippen molar-refractivity contribution in [2.75, 3.05) is 17.5 Å². The summed E-state index contributed by atoms with van der Waals surface area (Å²) in [5, 5.41) is 8.92. The molecule has 0 fully saturated rings. The van der Waals surface area contributed by atoms with Gasteiger partial charge >= 0.3 is 0 Å². The van der Waals surface area contributed by atoms with Gasteiger partial charge in [0.2, 0.25) is 0 Å². The Labute approximate surface area is 122 Å². The molecule has 3 rings (SSSR count). The molecule has 1 aromatic heterocycles. The quantitative estimate of drug-likeness (QED) is 0.940. The summed E-state index contributed by atoms with van der Waals surface area (Å²) in [5.74, 6) is 0. The zero-order chi connectivity index (χ0) is 14.2. The van der Waals surface area contributed by atoms with Crippen molar-refractivity contribution >= 4 is 27.0 Å². The maximum Gasteiger partial charge on any atom is 0.273 e. The van der Waals surface area contributed by atoms with Crippen molar-refractivity contribution in [1.29, 1.82) is 0 Å². The molecular formula is C14H15NO3S2. The van der Waals surface area contributed by atoms with Crippen LogP contribution in [-0.4, -0.2) is 26.7 Å². The SMILES string of the molecule is O=S(=O)(c1ccc(CCO)s1)N1CCc2ccccc21. The van der Waals surface area contributed by atoms with Gasteiger partial charge in [0.05, 0.1) is 5.69 Å². The first kappa shape index (κ1) is 13.6. The number of hydrogen-bond acceptors (Lipinski definition) is 4. The summed E-state index contributed by atoms with van der Waals surface area (Å²) in [6.45, 7) is 0.529. The Kier molecular flexibility index (Phi) is 3.54. The first-order valence-electron chi connectivity index (χ1n) is 6.43. The summed E-state index contributed by atoms with van der Waals surface area (Å²) in [5.41, 5.74) is 1.85. The first-order valence-corrected chi connectivity index (χ1v) is 8.69. The predicted molar refractivity (Wildman–Crippen MR) is 79.8 cm³/mol. The van der Waals surface area contributed by atoms with Crippen LogP contribution in [0.3, 0.4) is 0 Å². The Morgan fingerprint density at radius 1 is 1.20 bits per heavy atom. The Bertz CT molecular complexity index is 722. The molecule has 106 valence electrons. The molecule has 0 atom stereocenters. The molecule has 0 bridgehead atoms. The molecule has 0 amide bonds. The fourth-order valence-corrected chi connectivity index (χ4v) is 5.37. The molecule has 0 aliphatic carbocycles. The lowest BCUT2D eigenvalue weighted by Crippen LogP contribution is -2.28. The van der Waals surface area contributed by atoms with E-state index in [1.54, 1.807) is 12.1 Å². The number of nitrogens with zero attached hydrogens (tertiary/aromatic N) is 1. The number of sulfonamides is 1. The minimum absolute atomic E-state index is 0.0343. The van der Waals surface area contributed by atoms with E-state index in [1.165, 1.54) is 15.6 Å². The third kappa shape index (κ3) is 2.24. The van der Waals surface area contributed by atoms with E-state index in [9.17, 15) is 8.42 Å². The van der Waals surface area contributed by atoms with Gasteiger partial charge in [-0.3, -0.25) is 4.31 Å². The van der Waals surface area contributed by atoms with Gasteiger partial charge < -0.3 is 5.11 Å². The van der Waals surface area contributed by atoms with Gasteiger partial charge in [-0.05, 0) is 30.2 Å². The van der Waals surface area contributed by atoms with Crippen molar-refractivity contribution in [2.24, 2.45) is 0 Å². The maximum atomic E-state index is 12.7. The fraction of sp³-hybridized carbons (Fsp3) is 0.286. The molecule has 20 heavy (non-hydrogen) atoms. The third-order valence-electron chi connectivity index (χ3n) is 3.38. The molecule has 0 saturated carbocycles. The number of fused-ring (bicyclic) bond motifs is 1. The van der Waals surface area contributed by atoms with Gasteiger partial charge in [-0.1, -0.05) is 18.2 Å². The molecule has 1 aromatic carbocycles. The molecule has 2 heterocycles. The van der Waals surface area contributed by atoms with E-state index < -0.39 is 10.0 Å². The molecule has 0 spiro atoms. The molecule has 1 aliphatic heterocycles. The van der Waals surface area contributed by atoms with Crippen molar-refractivity contribution in [3.8, 4) is 0 Å². The van der Waals surface area contributed by atoms with Gasteiger partial charge in [-0.25, -0.2) is 8.42 Å². The summed E-state index contributed by atoms with van der Waals surface area (Å²) < 4.78 is 27.2. The molecule has 0 saturated heterocycles. The van der Waals surface area contributed by atoms with Crippen molar-refractivity contribution < 1.29 is 13.5 Å². The van der Waals surface area contributed by atoms with E-state index in [4.69, 9.17) is 5.11 Å². The number of aliphatic hydroxyl groups is 1. The summed E-state index contributed by atoms with van der Waals surface area (Å²) in [4.78, 5) is 0.888. The lowest BCUT2D eigenvalue weighted by Gasteiger charge is -2.18. The number of thiophene rings is 1. The standard InChI is InChI=1S/C14H15NO3S2/c16-10-8-12-5-6-14(19-12)20(17,18)15-9-7-11-3-1-2-4-13(11)15/h1-6,16H,7-10H2.